The van der Waals surface area contributed by atoms with Crippen molar-refractivity contribution in [2.75, 3.05) is 5.32 Å². The Hall–Kier alpha value is -3.15. The summed E-state index contributed by atoms with van der Waals surface area (Å²) in [6.07, 6.45) is 9.19. The molecule has 0 aliphatic rings. The molecule has 0 aliphatic heterocycles. The number of rotatable bonds is 4. The number of fused-ring (bicyclic) bond motifs is 1. The molecule has 0 spiro atoms. The van der Waals surface area contributed by atoms with Crippen molar-refractivity contribution in [2.24, 2.45) is 7.05 Å². The third-order valence-corrected chi connectivity index (χ3v) is 3.86. The molecule has 0 bridgehead atoms. The normalized spacial score (nSPS) is 12.4. The summed E-state index contributed by atoms with van der Waals surface area (Å²) in [5, 5.41) is 8.96. The predicted molar refractivity (Wildman–Crippen MR) is 89.0 cm³/mol. The van der Waals surface area contributed by atoms with Crippen molar-refractivity contribution >= 4 is 16.7 Å². The number of hydrogen-bond acceptors (Lipinski definition) is 4. The van der Waals surface area contributed by atoms with Gasteiger partial charge in [-0.15, -0.1) is 0 Å². The Balaban J connectivity index is 1.81. The van der Waals surface area contributed by atoms with E-state index in [1.165, 1.54) is 11.7 Å². The van der Waals surface area contributed by atoms with Crippen LogP contribution in [0.5, 0.6) is 0 Å². The zero-order valence-electron chi connectivity index (χ0n) is 12.6. The van der Waals surface area contributed by atoms with Crippen LogP contribution in [-0.2, 0) is 7.05 Å². The van der Waals surface area contributed by atoms with Crippen molar-refractivity contribution in [1.29, 1.82) is 0 Å². The zero-order chi connectivity index (χ0) is 15.6. The molecule has 23 heavy (non-hydrogen) atoms. The van der Waals surface area contributed by atoms with Crippen LogP contribution >= 0.6 is 0 Å². The Kier molecular flexibility index (Phi) is 3.27. The fraction of sp³-hybridized carbons (Fsp3) is 0.118. The molecule has 3 heterocycles. The van der Waals surface area contributed by atoms with Gasteiger partial charge in [0.2, 0.25) is 0 Å². The maximum atomic E-state index is 4.30. The number of H-pyrrole nitrogens is 1. The third-order valence-electron chi connectivity index (χ3n) is 3.86. The molecule has 1 aromatic carbocycles. The van der Waals surface area contributed by atoms with Crippen LogP contribution in [0.15, 0.2) is 61.4 Å². The predicted octanol–water partition coefficient (Wildman–Crippen LogP) is 2.89. The summed E-state index contributed by atoms with van der Waals surface area (Å²) >= 11 is 0. The molecule has 6 nitrogen and oxygen atoms in total. The molecule has 4 aromatic rings. The number of aromatic nitrogens is 5. The molecule has 3 aromatic heterocycles. The van der Waals surface area contributed by atoms with Gasteiger partial charge in [0.15, 0.2) is 0 Å². The summed E-state index contributed by atoms with van der Waals surface area (Å²) in [4.78, 5) is 11.6. The fourth-order valence-electron chi connectivity index (χ4n) is 2.79. The van der Waals surface area contributed by atoms with Crippen molar-refractivity contribution in [3.05, 3.63) is 72.6 Å². The van der Waals surface area contributed by atoms with Crippen LogP contribution in [0.3, 0.4) is 0 Å². The molecule has 0 amide bonds. The lowest BCUT2D eigenvalue weighted by atomic mass is 10.0. The van der Waals surface area contributed by atoms with Gasteiger partial charge in [-0.3, -0.25) is 4.68 Å². The maximum Gasteiger partial charge on any atom is 0.130 e. The summed E-state index contributed by atoms with van der Waals surface area (Å²) in [7, 11) is 1.92. The second-order valence-corrected chi connectivity index (χ2v) is 5.41. The van der Waals surface area contributed by atoms with Gasteiger partial charge in [-0.1, -0.05) is 18.2 Å². The first-order valence-electron chi connectivity index (χ1n) is 7.38. The van der Waals surface area contributed by atoms with Crippen LogP contribution in [0.25, 0.3) is 10.9 Å². The van der Waals surface area contributed by atoms with Crippen molar-refractivity contribution < 1.29 is 0 Å². The molecule has 2 N–H and O–H groups in total. The van der Waals surface area contributed by atoms with Gasteiger partial charge in [-0.25, -0.2) is 9.97 Å². The number of nitrogens with one attached hydrogen (secondary N) is 2. The van der Waals surface area contributed by atoms with E-state index in [-0.39, 0.29) is 6.04 Å². The highest BCUT2D eigenvalue weighted by atomic mass is 15.2. The van der Waals surface area contributed by atoms with Crippen LogP contribution < -0.4 is 5.32 Å². The van der Waals surface area contributed by atoms with Gasteiger partial charge < -0.3 is 10.3 Å². The smallest absolute Gasteiger partial charge is 0.130 e. The lowest BCUT2D eigenvalue weighted by Gasteiger charge is -2.17. The Morgan fingerprint density at radius 1 is 1.22 bits per heavy atom. The Morgan fingerprint density at radius 2 is 2.13 bits per heavy atom. The maximum absolute atomic E-state index is 4.30. The van der Waals surface area contributed by atoms with Crippen LogP contribution in [0.1, 0.15) is 17.2 Å². The van der Waals surface area contributed by atoms with Gasteiger partial charge in [0.05, 0.1) is 12.2 Å². The first kappa shape index (κ1) is 13.5. The lowest BCUT2D eigenvalue weighted by molar-refractivity contribution is 0.766. The molecule has 4 rings (SSSR count). The number of nitrogens with zero attached hydrogens (tertiary/aromatic N) is 4. The molecule has 114 valence electrons. The van der Waals surface area contributed by atoms with Gasteiger partial charge >= 0.3 is 0 Å². The van der Waals surface area contributed by atoms with Crippen molar-refractivity contribution in [3.63, 3.8) is 0 Å². The quantitative estimate of drug-likeness (QED) is 0.608. The number of aryl methyl sites for hydroxylation is 1. The number of anilines is 1. The van der Waals surface area contributed by atoms with E-state index >= 15 is 0 Å². The van der Waals surface area contributed by atoms with Gasteiger partial charge in [0, 0.05) is 47.7 Å². The highest BCUT2D eigenvalue weighted by Crippen LogP contribution is 2.31. The number of hydrogen-bond donors (Lipinski definition) is 2. The standard InChI is InChI=1S/C17H16N6/c1-23-10-12(8-21-23)17(22-16-6-7-18-11-20-16)14-9-19-15-5-3-2-4-13(14)15/h2-11,17,19H,1H3,(H,18,20,22). The number of para-hydroxylation sites is 1. The third kappa shape index (κ3) is 2.55. The van der Waals surface area contributed by atoms with Crippen LogP contribution in [0.4, 0.5) is 5.82 Å². The first-order chi connectivity index (χ1) is 11.3. The van der Waals surface area contributed by atoms with E-state index in [0.29, 0.717) is 0 Å². The SMILES string of the molecule is Cn1cc(C(Nc2ccncn2)c2c[nH]c3ccccc23)cn1. The number of aromatic amines is 1. The van der Waals surface area contributed by atoms with E-state index in [9.17, 15) is 0 Å². The molecule has 6 heteroatoms. The minimum atomic E-state index is -0.0465. The minimum absolute atomic E-state index is 0.0465. The molecule has 0 aliphatic carbocycles. The van der Waals surface area contributed by atoms with Crippen molar-refractivity contribution in [2.45, 2.75) is 6.04 Å². The van der Waals surface area contributed by atoms with Crippen molar-refractivity contribution in [3.8, 4) is 0 Å². The van der Waals surface area contributed by atoms with Crippen LogP contribution in [-0.4, -0.2) is 24.7 Å². The summed E-state index contributed by atoms with van der Waals surface area (Å²) in [5.41, 5.74) is 3.35. The molecule has 0 saturated heterocycles. The van der Waals surface area contributed by atoms with Gasteiger partial charge in [0.1, 0.15) is 12.1 Å². The lowest BCUT2D eigenvalue weighted by Crippen LogP contribution is -2.12. The van der Waals surface area contributed by atoms with Gasteiger partial charge in [-0.05, 0) is 12.1 Å². The zero-order valence-corrected chi connectivity index (χ0v) is 12.6. The summed E-state index contributed by atoms with van der Waals surface area (Å²) in [6.45, 7) is 0. The molecule has 0 radical (unpaired) electrons. The monoisotopic (exact) mass is 304 g/mol. The summed E-state index contributed by atoms with van der Waals surface area (Å²) in [6, 6.07) is 10.1. The van der Waals surface area contributed by atoms with Gasteiger partial charge in [-0.2, -0.15) is 5.10 Å². The van der Waals surface area contributed by atoms with Gasteiger partial charge in [0.25, 0.3) is 0 Å². The average molecular weight is 304 g/mol. The van der Waals surface area contributed by atoms with E-state index in [1.54, 1.807) is 10.9 Å². The molecule has 0 fully saturated rings. The topological polar surface area (TPSA) is 71.4 Å². The van der Waals surface area contributed by atoms with E-state index in [0.717, 1.165) is 22.5 Å². The second kappa shape index (κ2) is 5.57. The van der Waals surface area contributed by atoms with Crippen LogP contribution in [0.2, 0.25) is 0 Å². The van der Waals surface area contributed by atoms with E-state index in [4.69, 9.17) is 0 Å². The molecule has 1 atom stereocenters. The van der Waals surface area contributed by atoms with E-state index < -0.39 is 0 Å². The Labute approximate surface area is 133 Å². The molecular weight excluding hydrogens is 288 g/mol. The minimum Gasteiger partial charge on any atom is -0.361 e. The number of benzene rings is 1. The highest BCUT2D eigenvalue weighted by Gasteiger charge is 2.19. The Bertz CT molecular complexity index is 924. The molecular formula is C17H16N6. The van der Waals surface area contributed by atoms with E-state index in [1.807, 2.05) is 43.8 Å². The fourth-order valence-corrected chi connectivity index (χ4v) is 2.79. The van der Waals surface area contributed by atoms with E-state index in [2.05, 4.69) is 37.5 Å². The first-order valence-corrected chi connectivity index (χ1v) is 7.38. The average Bonchev–Trinajstić information content (AvgIpc) is 3.20. The largest absolute Gasteiger partial charge is 0.361 e. The van der Waals surface area contributed by atoms with Crippen LogP contribution in [0, 0.1) is 0 Å². The molecule has 1 unspecified atom stereocenters. The summed E-state index contributed by atoms with van der Waals surface area (Å²) in [5.74, 6) is 0.777. The second-order valence-electron chi connectivity index (χ2n) is 5.41. The molecule has 0 saturated carbocycles. The highest BCUT2D eigenvalue weighted by molar-refractivity contribution is 5.84. The summed E-state index contributed by atoms with van der Waals surface area (Å²) < 4.78 is 1.80. The Morgan fingerprint density at radius 3 is 2.91 bits per heavy atom. The van der Waals surface area contributed by atoms with Crippen molar-refractivity contribution in [1.82, 2.24) is 24.7 Å².